The molecule has 0 aromatic rings. The van der Waals surface area contributed by atoms with Crippen LogP contribution in [-0.4, -0.2) is 37.9 Å². The summed E-state index contributed by atoms with van der Waals surface area (Å²) in [7, 11) is 0. The van der Waals surface area contributed by atoms with E-state index >= 15 is 0 Å². The Morgan fingerprint density at radius 3 is 1.00 bits per heavy atom. The average molecular weight is 978 g/mol. The fourth-order valence-electron chi connectivity index (χ4n) is 8.64. The molecule has 0 rings (SSSR count). The van der Waals surface area contributed by atoms with Gasteiger partial charge >= 0.3 is 11.9 Å². The minimum atomic E-state index is -0.556. The van der Waals surface area contributed by atoms with Crippen LogP contribution in [0.25, 0.3) is 0 Å². The van der Waals surface area contributed by atoms with Gasteiger partial charge in [0.05, 0.1) is 6.61 Å². The van der Waals surface area contributed by atoms with Crippen LogP contribution in [-0.2, 0) is 23.8 Å². The molecule has 0 amide bonds. The van der Waals surface area contributed by atoms with Crippen molar-refractivity contribution in [2.24, 2.45) is 0 Å². The summed E-state index contributed by atoms with van der Waals surface area (Å²) in [6.45, 7) is 7.78. The van der Waals surface area contributed by atoms with E-state index in [-0.39, 0.29) is 25.2 Å². The third-order valence-electron chi connectivity index (χ3n) is 13.2. The van der Waals surface area contributed by atoms with Crippen LogP contribution in [0.1, 0.15) is 303 Å². The lowest BCUT2D eigenvalue weighted by Crippen LogP contribution is -2.30. The first-order valence-electron chi connectivity index (χ1n) is 30.5. The van der Waals surface area contributed by atoms with Gasteiger partial charge in [-0.2, -0.15) is 0 Å². The van der Waals surface area contributed by atoms with Crippen LogP contribution in [0.4, 0.5) is 0 Å². The van der Waals surface area contributed by atoms with Crippen molar-refractivity contribution >= 4 is 11.9 Å². The van der Waals surface area contributed by atoms with Crippen molar-refractivity contribution in [1.82, 2.24) is 0 Å². The van der Waals surface area contributed by atoms with E-state index < -0.39 is 6.10 Å². The molecule has 0 bridgehead atoms. The molecule has 0 radical (unpaired) electrons. The van der Waals surface area contributed by atoms with Gasteiger partial charge in [0.1, 0.15) is 6.61 Å². The minimum Gasteiger partial charge on any atom is -0.462 e. The molecule has 70 heavy (non-hydrogen) atoms. The smallest absolute Gasteiger partial charge is 0.306 e. The number of unbranched alkanes of at least 4 members (excludes halogenated alkanes) is 33. The molecule has 0 aliphatic heterocycles. The van der Waals surface area contributed by atoms with Crippen LogP contribution in [0.15, 0.2) is 72.9 Å². The average Bonchev–Trinajstić information content (AvgIpc) is 3.36. The van der Waals surface area contributed by atoms with Gasteiger partial charge < -0.3 is 14.2 Å². The van der Waals surface area contributed by atoms with Crippen molar-refractivity contribution in [1.29, 1.82) is 0 Å². The lowest BCUT2D eigenvalue weighted by atomic mass is 10.0. The number of ether oxygens (including phenoxy) is 3. The second kappa shape index (κ2) is 60.6. The molecule has 0 aliphatic rings. The molecular weight excluding hydrogens is 861 g/mol. The highest BCUT2D eigenvalue weighted by Gasteiger charge is 2.17. The van der Waals surface area contributed by atoms with Crippen molar-refractivity contribution in [3.63, 3.8) is 0 Å². The van der Waals surface area contributed by atoms with Gasteiger partial charge in [-0.25, -0.2) is 0 Å². The molecule has 406 valence electrons. The molecule has 1 atom stereocenters. The Balaban J connectivity index is 4.33. The Bertz CT molecular complexity index is 1240. The van der Waals surface area contributed by atoms with E-state index in [1.165, 1.54) is 193 Å². The lowest BCUT2D eigenvalue weighted by molar-refractivity contribution is -0.163. The van der Waals surface area contributed by atoms with Gasteiger partial charge in [-0.1, -0.05) is 267 Å². The fourth-order valence-corrected chi connectivity index (χ4v) is 8.64. The first-order valence-corrected chi connectivity index (χ1v) is 30.5. The third kappa shape index (κ3) is 57.9. The number of hydrogen-bond acceptors (Lipinski definition) is 5. The van der Waals surface area contributed by atoms with Crippen molar-refractivity contribution < 1.29 is 23.8 Å². The number of hydrogen-bond donors (Lipinski definition) is 0. The molecule has 0 unspecified atom stereocenters. The summed E-state index contributed by atoms with van der Waals surface area (Å²) >= 11 is 0. The standard InChI is InChI=1S/C65H116O5/c1-4-7-10-13-16-19-22-25-28-31-33-35-37-40-43-46-49-52-55-58-64(66)69-62-63(61-68-60-57-54-51-48-45-42-39-30-27-24-21-18-15-12-9-6-3)70-65(67)59-56-53-50-47-44-41-38-36-34-32-29-26-23-20-17-14-11-8-5-2/h16-17,19-20,25-26,28-29,34,36,41,44,63H,4-15,18,21-24,27,30-33,35,37-40,42-43,45-62H2,1-3H3/b19-16-,20-17-,28-25-,29-26-,36-34-,44-41-/t63-/m1/s1. The quantitative estimate of drug-likeness (QED) is 0.0345. The Morgan fingerprint density at radius 1 is 0.314 bits per heavy atom. The molecule has 0 N–H and O–H groups in total. The molecule has 5 heteroatoms. The van der Waals surface area contributed by atoms with Gasteiger partial charge in [0.2, 0.25) is 0 Å². The highest BCUT2D eigenvalue weighted by atomic mass is 16.6. The molecule has 0 saturated heterocycles. The van der Waals surface area contributed by atoms with E-state index in [0.29, 0.717) is 19.4 Å². The van der Waals surface area contributed by atoms with Gasteiger partial charge in [-0.05, 0) is 96.3 Å². The van der Waals surface area contributed by atoms with Crippen molar-refractivity contribution in [3.05, 3.63) is 72.9 Å². The Morgan fingerprint density at radius 2 is 0.600 bits per heavy atom. The summed E-state index contributed by atoms with van der Waals surface area (Å²) in [5.74, 6) is -0.425. The largest absolute Gasteiger partial charge is 0.462 e. The molecule has 0 fully saturated rings. The zero-order valence-electron chi connectivity index (χ0n) is 46.8. The predicted molar refractivity (Wildman–Crippen MR) is 307 cm³/mol. The summed E-state index contributed by atoms with van der Waals surface area (Å²) < 4.78 is 17.5. The van der Waals surface area contributed by atoms with E-state index in [9.17, 15) is 9.59 Å². The van der Waals surface area contributed by atoms with Gasteiger partial charge in [0, 0.05) is 19.4 Å². The second-order valence-electron chi connectivity index (χ2n) is 20.3. The monoisotopic (exact) mass is 977 g/mol. The predicted octanol–water partition coefficient (Wildman–Crippen LogP) is 21.0. The topological polar surface area (TPSA) is 61.8 Å². The van der Waals surface area contributed by atoms with E-state index in [0.717, 1.165) is 77.0 Å². The first kappa shape index (κ1) is 67.3. The molecule has 5 nitrogen and oxygen atoms in total. The summed E-state index contributed by atoms with van der Waals surface area (Å²) in [5.41, 5.74) is 0. The molecule has 0 aromatic heterocycles. The number of esters is 2. The second-order valence-corrected chi connectivity index (χ2v) is 20.3. The summed E-state index contributed by atoms with van der Waals surface area (Å²) in [6.07, 6.45) is 79.2. The summed E-state index contributed by atoms with van der Waals surface area (Å²) in [4.78, 5) is 25.6. The zero-order valence-corrected chi connectivity index (χ0v) is 46.8. The van der Waals surface area contributed by atoms with E-state index in [4.69, 9.17) is 14.2 Å². The number of carbonyl (C=O) groups is 2. The lowest BCUT2D eigenvalue weighted by Gasteiger charge is -2.18. The van der Waals surface area contributed by atoms with Gasteiger partial charge in [-0.15, -0.1) is 0 Å². The van der Waals surface area contributed by atoms with Gasteiger partial charge in [-0.3, -0.25) is 9.59 Å². The maximum absolute atomic E-state index is 12.9. The molecular formula is C65H116O5. The van der Waals surface area contributed by atoms with E-state index in [1.807, 2.05) is 0 Å². The normalized spacial score (nSPS) is 12.7. The van der Waals surface area contributed by atoms with Gasteiger partial charge in [0.15, 0.2) is 6.10 Å². The summed E-state index contributed by atoms with van der Waals surface area (Å²) in [5, 5.41) is 0. The Hall–Kier alpha value is -2.66. The van der Waals surface area contributed by atoms with Crippen molar-refractivity contribution in [3.8, 4) is 0 Å². The van der Waals surface area contributed by atoms with Crippen LogP contribution in [0, 0.1) is 0 Å². The van der Waals surface area contributed by atoms with E-state index in [2.05, 4.69) is 93.7 Å². The molecule has 0 aliphatic carbocycles. The SMILES string of the molecule is CCCCC/C=C\C/C=C\C/C=C\C/C=C\CCCCCC(=O)O[C@H](COCCCCCCCCCCCCCCCCCC)COC(=O)CCCCCCCCCCC/C=C\C/C=C\CCCCC. The highest BCUT2D eigenvalue weighted by Crippen LogP contribution is 2.16. The zero-order chi connectivity index (χ0) is 50.6. The first-order chi connectivity index (χ1) is 34.6. The van der Waals surface area contributed by atoms with Crippen molar-refractivity contribution in [2.75, 3.05) is 19.8 Å². The fraction of sp³-hybridized carbons (Fsp3) is 0.785. The van der Waals surface area contributed by atoms with Gasteiger partial charge in [0.25, 0.3) is 0 Å². The summed E-state index contributed by atoms with van der Waals surface area (Å²) in [6, 6.07) is 0. The number of rotatable bonds is 56. The van der Waals surface area contributed by atoms with Crippen molar-refractivity contribution in [2.45, 2.75) is 309 Å². The van der Waals surface area contributed by atoms with Crippen LogP contribution in [0.3, 0.4) is 0 Å². The third-order valence-corrected chi connectivity index (χ3v) is 13.2. The highest BCUT2D eigenvalue weighted by molar-refractivity contribution is 5.70. The maximum Gasteiger partial charge on any atom is 0.306 e. The Kier molecular flexibility index (Phi) is 58.3. The molecule has 0 heterocycles. The van der Waals surface area contributed by atoms with Crippen LogP contribution >= 0.6 is 0 Å². The molecule has 0 aromatic carbocycles. The van der Waals surface area contributed by atoms with Crippen LogP contribution < -0.4 is 0 Å². The maximum atomic E-state index is 12.9. The molecule has 0 spiro atoms. The Labute approximate surface area is 436 Å². The molecule has 0 saturated carbocycles. The van der Waals surface area contributed by atoms with Crippen LogP contribution in [0.2, 0.25) is 0 Å². The van der Waals surface area contributed by atoms with Crippen LogP contribution in [0.5, 0.6) is 0 Å². The number of carbonyl (C=O) groups excluding carboxylic acids is 2. The number of allylic oxidation sites excluding steroid dienone is 12. The minimum absolute atomic E-state index is 0.0710. The van der Waals surface area contributed by atoms with E-state index in [1.54, 1.807) is 0 Å².